The van der Waals surface area contributed by atoms with Gasteiger partial charge in [0.2, 0.25) is 0 Å². The molecule has 0 spiro atoms. The van der Waals surface area contributed by atoms with Crippen LogP contribution in [0.15, 0.2) is 0 Å². The van der Waals surface area contributed by atoms with E-state index >= 15 is 0 Å². The maximum Gasteiger partial charge on any atom is 0.306 e. The number of hydrogen-bond acceptors (Lipinski definition) is 2. The summed E-state index contributed by atoms with van der Waals surface area (Å²) in [6, 6.07) is 0. The van der Waals surface area contributed by atoms with Crippen LogP contribution < -0.4 is 0 Å². The highest BCUT2D eigenvalue weighted by Crippen LogP contribution is 2.35. The number of rotatable bonds is 2. The van der Waals surface area contributed by atoms with Crippen LogP contribution in [-0.4, -0.2) is 16.9 Å². The van der Waals surface area contributed by atoms with Gasteiger partial charge in [-0.15, -0.1) is 0 Å². The highest BCUT2D eigenvalue weighted by Gasteiger charge is 2.38. The van der Waals surface area contributed by atoms with E-state index in [1.165, 1.54) is 0 Å². The van der Waals surface area contributed by atoms with Crippen molar-refractivity contribution < 1.29 is 14.7 Å². The van der Waals surface area contributed by atoms with E-state index in [1.54, 1.807) is 0 Å². The first kappa shape index (κ1) is 11.2. The largest absolute Gasteiger partial charge is 0.481 e. The first-order chi connectivity index (χ1) is 6.43. The first-order valence-corrected chi connectivity index (χ1v) is 5.19. The van der Waals surface area contributed by atoms with Crippen molar-refractivity contribution in [3.05, 3.63) is 0 Å². The topological polar surface area (TPSA) is 54.4 Å². The van der Waals surface area contributed by atoms with Crippen molar-refractivity contribution in [2.24, 2.45) is 23.7 Å². The van der Waals surface area contributed by atoms with Crippen LogP contribution in [0.25, 0.3) is 0 Å². The second-order valence-electron chi connectivity index (χ2n) is 4.68. The Morgan fingerprint density at radius 3 is 2.50 bits per heavy atom. The molecule has 1 aliphatic rings. The third kappa shape index (κ3) is 2.14. The van der Waals surface area contributed by atoms with Crippen LogP contribution in [0.4, 0.5) is 0 Å². The molecular formula is C11H18O3. The maximum absolute atomic E-state index is 11.6. The molecule has 1 N–H and O–H groups in total. The Labute approximate surface area is 84.5 Å². The molecule has 3 nitrogen and oxygen atoms in total. The number of carbonyl (C=O) groups is 2. The lowest BCUT2D eigenvalue weighted by molar-refractivity contribution is -0.147. The minimum absolute atomic E-state index is 0.00463. The Kier molecular flexibility index (Phi) is 3.29. The van der Waals surface area contributed by atoms with Crippen LogP contribution in [0, 0.1) is 23.7 Å². The first-order valence-electron chi connectivity index (χ1n) is 5.19. The number of Topliss-reactive ketones (excluding diaryl/α,β-unsaturated/α-hetero) is 1. The van der Waals surface area contributed by atoms with Gasteiger partial charge in [-0.05, 0) is 18.3 Å². The molecule has 1 rings (SSSR count). The molecule has 0 aliphatic heterocycles. The summed E-state index contributed by atoms with van der Waals surface area (Å²) in [6.07, 6.45) is 0.951. The van der Waals surface area contributed by atoms with Crippen LogP contribution in [-0.2, 0) is 9.59 Å². The van der Waals surface area contributed by atoms with Gasteiger partial charge in [-0.25, -0.2) is 0 Å². The second-order valence-corrected chi connectivity index (χ2v) is 4.68. The van der Waals surface area contributed by atoms with Crippen molar-refractivity contribution in [2.75, 3.05) is 0 Å². The standard InChI is InChI=1S/C11H18O3/c1-6(2)8-5-9(11(13)14)7(3)4-10(8)12/h6-9H,4-5H2,1-3H3,(H,13,14). The number of carboxylic acids is 1. The van der Waals surface area contributed by atoms with Crippen LogP contribution >= 0.6 is 0 Å². The summed E-state index contributed by atoms with van der Waals surface area (Å²) < 4.78 is 0. The fourth-order valence-electron chi connectivity index (χ4n) is 2.24. The summed E-state index contributed by atoms with van der Waals surface area (Å²) in [5.74, 6) is -0.639. The van der Waals surface area contributed by atoms with Crippen LogP contribution in [0.5, 0.6) is 0 Å². The van der Waals surface area contributed by atoms with E-state index in [4.69, 9.17) is 5.11 Å². The smallest absolute Gasteiger partial charge is 0.306 e. The summed E-state index contributed by atoms with van der Waals surface area (Å²) in [5, 5.41) is 8.98. The van der Waals surface area contributed by atoms with Crippen molar-refractivity contribution in [1.29, 1.82) is 0 Å². The molecule has 80 valence electrons. The van der Waals surface area contributed by atoms with E-state index < -0.39 is 5.97 Å². The van der Waals surface area contributed by atoms with E-state index in [-0.39, 0.29) is 29.5 Å². The molecule has 3 heteroatoms. The van der Waals surface area contributed by atoms with E-state index in [0.29, 0.717) is 12.8 Å². The van der Waals surface area contributed by atoms with Crippen molar-refractivity contribution in [1.82, 2.24) is 0 Å². The maximum atomic E-state index is 11.6. The van der Waals surface area contributed by atoms with Gasteiger partial charge in [0.15, 0.2) is 0 Å². The molecule has 0 saturated heterocycles. The quantitative estimate of drug-likeness (QED) is 0.738. The SMILES string of the molecule is CC(C)C1CC(C(=O)O)C(C)CC1=O. The molecule has 14 heavy (non-hydrogen) atoms. The van der Waals surface area contributed by atoms with Crippen LogP contribution in [0.3, 0.4) is 0 Å². The zero-order valence-electron chi connectivity index (χ0n) is 8.99. The summed E-state index contributed by atoms with van der Waals surface area (Å²) in [6.45, 7) is 5.82. The molecule has 0 heterocycles. The highest BCUT2D eigenvalue weighted by molar-refractivity contribution is 5.84. The predicted molar refractivity (Wildman–Crippen MR) is 52.9 cm³/mol. The lowest BCUT2D eigenvalue weighted by Gasteiger charge is -2.32. The normalized spacial score (nSPS) is 33.4. The van der Waals surface area contributed by atoms with E-state index in [0.717, 1.165) is 0 Å². The Morgan fingerprint density at radius 2 is 2.07 bits per heavy atom. The molecule has 3 unspecified atom stereocenters. The fraction of sp³-hybridized carbons (Fsp3) is 0.818. The van der Waals surface area contributed by atoms with Gasteiger partial charge in [0.05, 0.1) is 5.92 Å². The average molecular weight is 198 g/mol. The molecule has 0 bridgehead atoms. The Bertz CT molecular complexity index is 245. The van der Waals surface area contributed by atoms with Crippen molar-refractivity contribution in [3.63, 3.8) is 0 Å². The van der Waals surface area contributed by atoms with Crippen LogP contribution in [0.1, 0.15) is 33.6 Å². The van der Waals surface area contributed by atoms with Gasteiger partial charge in [-0.1, -0.05) is 20.8 Å². The molecule has 0 aromatic rings. The fourth-order valence-corrected chi connectivity index (χ4v) is 2.24. The van der Waals surface area contributed by atoms with Gasteiger partial charge in [0.1, 0.15) is 5.78 Å². The molecule has 1 aliphatic carbocycles. The number of hydrogen-bond donors (Lipinski definition) is 1. The molecule has 0 aromatic carbocycles. The summed E-state index contributed by atoms with van der Waals surface area (Å²) in [4.78, 5) is 22.5. The summed E-state index contributed by atoms with van der Waals surface area (Å²) >= 11 is 0. The number of carbonyl (C=O) groups excluding carboxylic acids is 1. The molecule has 1 saturated carbocycles. The second kappa shape index (κ2) is 4.11. The molecule has 0 radical (unpaired) electrons. The molecule has 0 amide bonds. The third-order valence-electron chi connectivity index (χ3n) is 3.25. The Balaban J connectivity index is 2.75. The predicted octanol–water partition coefficient (Wildman–Crippen LogP) is 1.96. The summed E-state index contributed by atoms with van der Waals surface area (Å²) in [7, 11) is 0. The Morgan fingerprint density at radius 1 is 1.50 bits per heavy atom. The molecule has 0 aromatic heterocycles. The zero-order valence-corrected chi connectivity index (χ0v) is 8.99. The van der Waals surface area contributed by atoms with Crippen molar-refractivity contribution >= 4 is 11.8 Å². The van der Waals surface area contributed by atoms with Crippen molar-refractivity contribution in [2.45, 2.75) is 33.6 Å². The minimum atomic E-state index is -0.754. The van der Waals surface area contributed by atoms with Gasteiger partial charge in [-0.3, -0.25) is 9.59 Å². The third-order valence-corrected chi connectivity index (χ3v) is 3.25. The zero-order chi connectivity index (χ0) is 10.9. The van der Waals surface area contributed by atoms with E-state index in [2.05, 4.69) is 0 Å². The van der Waals surface area contributed by atoms with Gasteiger partial charge in [-0.2, -0.15) is 0 Å². The molecular weight excluding hydrogens is 180 g/mol. The van der Waals surface area contributed by atoms with Gasteiger partial charge < -0.3 is 5.11 Å². The highest BCUT2D eigenvalue weighted by atomic mass is 16.4. The minimum Gasteiger partial charge on any atom is -0.481 e. The molecule has 3 atom stereocenters. The number of ketones is 1. The lowest BCUT2D eigenvalue weighted by Crippen LogP contribution is -2.37. The summed E-state index contributed by atoms with van der Waals surface area (Å²) in [5.41, 5.74) is 0. The number of aliphatic carboxylic acids is 1. The van der Waals surface area contributed by atoms with Gasteiger partial charge in [0.25, 0.3) is 0 Å². The lowest BCUT2D eigenvalue weighted by atomic mass is 9.70. The van der Waals surface area contributed by atoms with Gasteiger partial charge in [0, 0.05) is 12.3 Å². The van der Waals surface area contributed by atoms with Crippen molar-refractivity contribution in [3.8, 4) is 0 Å². The molecule has 1 fully saturated rings. The Hall–Kier alpha value is -0.860. The monoisotopic (exact) mass is 198 g/mol. The van der Waals surface area contributed by atoms with E-state index in [1.807, 2.05) is 20.8 Å². The van der Waals surface area contributed by atoms with Gasteiger partial charge >= 0.3 is 5.97 Å². The average Bonchev–Trinajstić information content (AvgIpc) is 2.02. The van der Waals surface area contributed by atoms with E-state index in [9.17, 15) is 9.59 Å². The van der Waals surface area contributed by atoms with Crippen LogP contribution in [0.2, 0.25) is 0 Å². The number of carboxylic acid groups (broad SMARTS) is 1.